The number of aliphatic imine (C=N–C) groups is 1. The van der Waals surface area contributed by atoms with Gasteiger partial charge in [0.25, 0.3) is 0 Å². The number of hydrogen-bond acceptors (Lipinski definition) is 4. The second kappa shape index (κ2) is 11.9. The second-order valence-electron chi connectivity index (χ2n) is 5.76. The third kappa shape index (κ3) is 8.77. The van der Waals surface area contributed by atoms with Crippen LogP contribution in [0.4, 0.5) is 5.13 Å². The van der Waals surface area contributed by atoms with E-state index in [0.717, 1.165) is 29.2 Å². The number of halogens is 1. The second-order valence-corrected chi connectivity index (χ2v) is 6.59. The van der Waals surface area contributed by atoms with Gasteiger partial charge in [0, 0.05) is 33.1 Å². The molecule has 0 saturated heterocycles. The van der Waals surface area contributed by atoms with Crippen molar-refractivity contribution in [2.24, 2.45) is 10.9 Å². The average molecular weight is 439 g/mol. The summed E-state index contributed by atoms with van der Waals surface area (Å²) in [6.07, 6.45) is 3.74. The Morgan fingerprint density at radius 3 is 2.59 bits per heavy atom. The Hall–Kier alpha value is -0.570. The van der Waals surface area contributed by atoms with Crippen LogP contribution in [0.2, 0.25) is 0 Å². The molecule has 0 aliphatic heterocycles. The lowest BCUT2D eigenvalue weighted by Gasteiger charge is -2.11. The normalized spacial score (nSPS) is 11.3. The molecule has 5 nitrogen and oxygen atoms in total. The van der Waals surface area contributed by atoms with Crippen molar-refractivity contribution in [3.8, 4) is 0 Å². The van der Waals surface area contributed by atoms with Gasteiger partial charge in [0.1, 0.15) is 0 Å². The molecule has 0 amide bonds. The minimum absolute atomic E-state index is 0. The van der Waals surface area contributed by atoms with Crippen LogP contribution >= 0.6 is 35.3 Å². The van der Waals surface area contributed by atoms with E-state index in [1.807, 2.05) is 19.0 Å². The molecular formula is C15H30IN5S. The van der Waals surface area contributed by atoms with Crippen LogP contribution in [0.3, 0.4) is 0 Å². The molecule has 0 aliphatic carbocycles. The van der Waals surface area contributed by atoms with E-state index in [-0.39, 0.29) is 24.0 Å². The Morgan fingerprint density at radius 2 is 2.05 bits per heavy atom. The smallest absolute Gasteiger partial charge is 0.191 e. The van der Waals surface area contributed by atoms with Crippen molar-refractivity contribution in [3.63, 3.8) is 0 Å². The molecule has 0 fully saturated rings. The lowest BCUT2D eigenvalue weighted by Crippen LogP contribution is -2.37. The minimum atomic E-state index is 0. The molecule has 7 heteroatoms. The van der Waals surface area contributed by atoms with Gasteiger partial charge < -0.3 is 15.5 Å². The summed E-state index contributed by atoms with van der Waals surface area (Å²) >= 11 is 1.66. The van der Waals surface area contributed by atoms with Crippen LogP contribution in [0, 0.1) is 5.92 Å². The molecule has 0 spiro atoms. The van der Waals surface area contributed by atoms with E-state index in [4.69, 9.17) is 0 Å². The van der Waals surface area contributed by atoms with Crippen molar-refractivity contribution < 1.29 is 0 Å². The third-order valence-electron chi connectivity index (χ3n) is 3.08. The van der Waals surface area contributed by atoms with Crippen LogP contribution in [0.25, 0.3) is 0 Å². The van der Waals surface area contributed by atoms with E-state index >= 15 is 0 Å². The first-order valence-electron chi connectivity index (χ1n) is 7.59. The highest BCUT2D eigenvalue weighted by Crippen LogP contribution is 2.17. The van der Waals surface area contributed by atoms with Gasteiger partial charge >= 0.3 is 0 Å². The van der Waals surface area contributed by atoms with Gasteiger partial charge in [-0.1, -0.05) is 26.7 Å². The number of guanidine groups is 1. The summed E-state index contributed by atoms with van der Waals surface area (Å²) < 4.78 is 0. The maximum absolute atomic E-state index is 4.54. The zero-order chi connectivity index (χ0) is 15.7. The predicted molar refractivity (Wildman–Crippen MR) is 109 cm³/mol. The van der Waals surface area contributed by atoms with Gasteiger partial charge in [0.05, 0.1) is 12.2 Å². The first-order chi connectivity index (χ1) is 10.0. The molecule has 0 radical (unpaired) electrons. The van der Waals surface area contributed by atoms with Crippen LogP contribution < -0.4 is 15.5 Å². The maximum atomic E-state index is 4.54. The lowest BCUT2D eigenvalue weighted by atomic mass is 10.1. The SMILES string of the molecule is CN=C(NCCCCC(C)C)NCc1csc(N(C)C)n1.I. The largest absolute Gasteiger partial charge is 0.356 e. The van der Waals surface area contributed by atoms with Crippen LogP contribution in [0.5, 0.6) is 0 Å². The topological polar surface area (TPSA) is 52.6 Å². The number of nitrogens with zero attached hydrogens (tertiary/aromatic N) is 3. The van der Waals surface area contributed by atoms with Crippen LogP contribution in [0.15, 0.2) is 10.4 Å². The van der Waals surface area contributed by atoms with E-state index in [1.165, 1.54) is 19.3 Å². The van der Waals surface area contributed by atoms with Crippen molar-refractivity contribution >= 4 is 46.4 Å². The maximum Gasteiger partial charge on any atom is 0.191 e. The Balaban J connectivity index is 0.00000441. The Labute approximate surface area is 156 Å². The monoisotopic (exact) mass is 439 g/mol. The van der Waals surface area contributed by atoms with Crippen LogP contribution in [-0.4, -0.2) is 38.6 Å². The standard InChI is InChI=1S/C15H29N5S.HI/c1-12(2)8-6-7-9-17-14(16-3)18-10-13-11-21-15(19-13)20(4)5;/h11-12H,6-10H2,1-5H3,(H2,16,17,18);1H. The van der Waals surface area contributed by atoms with E-state index in [0.29, 0.717) is 6.54 Å². The summed E-state index contributed by atoms with van der Waals surface area (Å²) in [6, 6.07) is 0. The summed E-state index contributed by atoms with van der Waals surface area (Å²) in [7, 11) is 5.82. The van der Waals surface area contributed by atoms with Gasteiger partial charge in [-0.3, -0.25) is 4.99 Å². The molecule has 1 aromatic rings. The van der Waals surface area contributed by atoms with Gasteiger partial charge in [-0.05, 0) is 12.3 Å². The number of unbranched alkanes of at least 4 members (excludes halogenated alkanes) is 1. The molecule has 0 saturated carbocycles. The molecule has 1 rings (SSSR count). The van der Waals surface area contributed by atoms with Crippen LogP contribution in [0.1, 0.15) is 38.8 Å². The highest BCUT2D eigenvalue weighted by atomic mass is 127. The molecule has 22 heavy (non-hydrogen) atoms. The molecule has 2 N–H and O–H groups in total. The van der Waals surface area contributed by atoms with E-state index in [1.54, 1.807) is 18.4 Å². The summed E-state index contributed by atoms with van der Waals surface area (Å²) in [5.74, 6) is 1.64. The van der Waals surface area contributed by atoms with Gasteiger partial charge in [0.15, 0.2) is 11.1 Å². The summed E-state index contributed by atoms with van der Waals surface area (Å²) in [6.45, 7) is 6.20. The molecule has 128 valence electrons. The summed E-state index contributed by atoms with van der Waals surface area (Å²) in [4.78, 5) is 10.8. The Kier molecular flexibility index (Phi) is 11.6. The Bertz CT molecular complexity index is 431. The van der Waals surface area contributed by atoms with Gasteiger partial charge in [-0.15, -0.1) is 35.3 Å². The van der Waals surface area contributed by atoms with Crippen LogP contribution in [-0.2, 0) is 6.54 Å². The molecule has 0 unspecified atom stereocenters. The molecule has 0 aliphatic rings. The molecule has 1 heterocycles. The highest BCUT2D eigenvalue weighted by Gasteiger charge is 2.04. The predicted octanol–water partition coefficient (Wildman–Crippen LogP) is 3.32. The highest BCUT2D eigenvalue weighted by molar-refractivity contribution is 14.0. The number of hydrogen-bond donors (Lipinski definition) is 2. The summed E-state index contributed by atoms with van der Waals surface area (Å²) in [5.41, 5.74) is 1.05. The first-order valence-corrected chi connectivity index (χ1v) is 8.47. The molecule has 0 bridgehead atoms. The number of nitrogens with one attached hydrogen (secondary N) is 2. The summed E-state index contributed by atoms with van der Waals surface area (Å²) in [5, 5.41) is 9.76. The van der Waals surface area contributed by atoms with Crippen molar-refractivity contribution in [2.75, 3.05) is 32.6 Å². The van der Waals surface area contributed by atoms with Crippen molar-refractivity contribution in [1.29, 1.82) is 0 Å². The zero-order valence-electron chi connectivity index (χ0n) is 14.3. The number of thiazole rings is 1. The molecule has 1 aromatic heterocycles. The van der Waals surface area contributed by atoms with Gasteiger partial charge in [-0.25, -0.2) is 4.98 Å². The number of anilines is 1. The van der Waals surface area contributed by atoms with Crippen molar-refractivity contribution in [1.82, 2.24) is 15.6 Å². The van der Waals surface area contributed by atoms with E-state index in [2.05, 4.69) is 39.8 Å². The van der Waals surface area contributed by atoms with Gasteiger partial charge in [-0.2, -0.15) is 0 Å². The average Bonchev–Trinajstić information content (AvgIpc) is 2.90. The van der Waals surface area contributed by atoms with Gasteiger partial charge in [0.2, 0.25) is 0 Å². The van der Waals surface area contributed by atoms with E-state index < -0.39 is 0 Å². The molecular weight excluding hydrogens is 409 g/mol. The fraction of sp³-hybridized carbons (Fsp3) is 0.733. The van der Waals surface area contributed by atoms with E-state index in [9.17, 15) is 0 Å². The van der Waals surface area contributed by atoms with Crippen molar-refractivity contribution in [3.05, 3.63) is 11.1 Å². The number of aromatic nitrogens is 1. The third-order valence-corrected chi connectivity index (χ3v) is 4.14. The lowest BCUT2D eigenvalue weighted by molar-refractivity contribution is 0.534. The fourth-order valence-corrected chi connectivity index (χ4v) is 2.62. The first kappa shape index (κ1) is 21.4. The molecule has 0 atom stereocenters. The Morgan fingerprint density at radius 1 is 1.32 bits per heavy atom. The zero-order valence-corrected chi connectivity index (χ0v) is 17.5. The number of rotatable bonds is 8. The quantitative estimate of drug-likeness (QED) is 0.283. The fourth-order valence-electron chi connectivity index (χ4n) is 1.86. The van der Waals surface area contributed by atoms with Crippen molar-refractivity contribution in [2.45, 2.75) is 39.7 Å². The molecule has 0 aromatic carbocycles. The minimum Gasteiger partial charge on any atom is -0.356 e.